The van der Waals surface area contributed by atoms with Crippen molar-refractivity contribution in [2.75, 3.05) is 9.80 Å². The van der Waals surface area contributed by atoms with Crippen molar-refractivity contribution in [2.45, 2.75) is 0 Å². The topological polar surface area (TPSA) is 16.3 Å². The van der Waals surface area contributed by atoms with Gasteiger partial charge in [-0.2, -0.15) is 0 Å². The van der Waals surface area contributed by atoms with Crippen molar-refractivity contribution < 1.29 is 0 Å². The van der Waals surface area contributed by atoms with Gasteiger partial charge in [0.1, 0.15) is 0 Å². The van der Waals surface area contributed by atoms with E-state index >= 15 is 0 Å². The average molecular weight is 615 g/mol. The van der Waals surface area contributed by atoms with Gasteiger partial charge in [0, 0.05) is 50.8 Å². The molecular formula is C44H30N4. The molecular weight excluding hydrogens is 585 g/mol. The standard InChI is InChI=1S/C44H30N4/c1-4-14-31(15-5-1)46(32-16-6-2-7-17-32)34-24-26-35(27-25-34)48-39-21-11-10-20-36(39)38-30-42-44-37(43(38)48)28-29-45(44)40-22-12-13-23-41(40)47(42)33-18-8-3-9-19-33/h1-30H. The summed E-state index contributed by atoms with van der Waals surface area (Å²) >= 11 is 0. The van der Waals surface area contributed by atoms with Gasteiger partial charge in [-0.1, -0.05) is 84.9 Å². The fraction of sp³-hybridized carbons (Fsp3) is 0. The molecule has 7 aromatic carbocycles. The van der Waals surface area contributed by atoms with E-state index in [1.165, 1.54) is 49.8 Å². The molecule has 48 heavy (non-hydrogen) atoms. The summed E-state index contributed by atoms with van der Waals surface area (Å²) in [5.41, 5.74) is 12.8. The zero-order valence-electron chi connectivity index (χ0n) is 26.1. The van der Waals surface area contributed by atoms with E-state index in [0.29, 0.717) is 0 Å². The van der Waals surface area contributed by atoms with Crippen LogP contribution in [0, 0.1) is 0 Å². The summed E-state index contributed by atoms with van der Waals surface area (Å²) in [6.45, 7) is 0. The first-order valence-electron chi connectivity index (χ1n) is 16.4. The molecule has 0 N–H and O–H groups in total. The first-order valence-corrected chi connectivity index (χ1v) is 16.4. The van der Waals surface area contributed by atoms with Gasteiger partial charge < -0.3 is 18.9 Å². The first-order chi connectivity index (χ1) is 23.8. The van der Waals surface area contributed by atoms with Gasteiger partial charge in [-0.25, -0.2) is 0 Å². The van der Waals surface area contributed by atoms with Gasteiger partial charge in [0.2, 0.25) is 0 Å². The molecule has 226 valence electrons. The number of nitrogens with zero attached hydrogens (tertiary/aromatic N) is 4. The number of anilines is 6. The monoisotopic (exact) mass is 614 g/mol. The van der Waals surface area contributed by atoms with E-state index < -0.39 is 0 Å². The van der Waals surface area contributed by atoms with E-state index in [1.807, 2.05) is 0 Å². The van der Waals surface area contributed by atoms with Crippen LogP contribution >= 0.6 is 0 Å². The molecule has 0 aliphatic carbocycles. The molecule has 0 bridgehead atoms. The Bertz CT molecular complexity index is 2560. The Morgan fingerprint density at radius 3 is 1.67 bits per heavy atom. The van der Waals surface area contributed by atoms with Gasteiger partial charge in [-0.3, -0.25) is 0 Å². The predicted molar refractivity (Wildman–Crippen MR) is 201 cm³/mol. The highest BCUT2D eigenvalue weighted by atomic mass is 15.2. The molecule has 0 radical (unpaired) electrons. The van der Waals surface area contributed by atoms with Crippen LogP contribution in [-0.4, -0.2) is 9.13 Å². The summed E-state index contributed by atoms with van der Waals surface area (Å²) in [6.07, 6.45) is 2.23. The Morgan fingerprint density at radius 2 is 0.958 bits per heavy atom. The van der Waals surface area contributed by atoms with Crippen LogP contribution in [0.2, 0.25) is 0 Å². The first kappa shape index (κ1) is 26.7. The Balaban J connectivity index is 1.22. The molecule has 1 aliphatic rings. The fourth-order valence-corrected chi connectivity index (χ4v) is 7.60. The van der Waals surface area contributed by atoms with E-state index in [0.717, 1.165) is 28.4 Å². The summed E-state index contributed by atoms with van der Waals surface area (Å²) in [6, 6.07) is 63.0. The molecule has 0 atom stereocenters. The molecule has 1 aliphatic heterocycles. The van der Waals surface area contributed by atoms with E-state index in [-0.39, 0.29) is 0 Å². The van der Waals surface area contributed by atoms with Gasteiger partial charge in [-0.15, -0.1) is 0 Å². The Hall–Kier alpha value is -6.52. The van der Waals surface area contributed by atoms with Crippen LogP contribution in [-0.2, 0) is 0 Å². The smallest absolute Gasteiger partial charge is 0.0793 e. The van der Waals surface area contributed by atoms with Gasteiger partial charge in [0.15, 0.2) is 0 Å². The molecule has 2 aromatic heterocycles. The average Bonchev–Trinajstić information content (AvgIpc) is 3.74. The number of rotatable bonds is 5. The Morgan fingerprint density at radius 1 is 0.375 bits per heavy atom. The Kier molecular flexibility index (Phi) is 5.84. The zero-order chi connectivity index (χ0) is 31.6. The third-order valence-electron chi connectivity index (χ3n) is 9.61. The number of fused-ring (bicyclic) bond motifs is 6. The van der Waals surface area contributed by atoms with E-state index in [9.17, 15) is 0 Å². The lowest BCUT2D eigenvalue weighted by Crippen LogP contribution is -2.17. The molecule has 0 unspecified atom stereocenters. The highest BCUT2D eigenvalue weighted by Gasteiger charge is 2.29. The largest absolute Gasteiger partial charge is 0.312 e. The second-order valence-corrected chi connectivity index (χ2v) is 12.3. The summed E-state index contributed by atoms with van der Waals surface area (Å²) in [7, 11) is 0. The van der Waals surface area contributed by atoms with Gasteiger partial charge in [0.05, 0.1) is 33.6 Å². The van der Waals surface area contributed by atoms with E-state index in [2.05, 4.69) is 201 Å². The molecule has 0 saturated heterocycles. The van der Waals surface area contributed by atoms with Crippen LogP contribution in [0.3, 0.4) is 0 Å². The minimum atomic E-state index is 1.11. The van der Waals surface area contributed by atoms with Crippen molar-refractivity contribution in [1.29, 1.82) is 0 Å². The predicted octanol–water partition coefficient (Wildman–Crippen LogP) is 12.0. The molecule has 4 nitrogen and oxygen atoms in total. The van der Waals surface area contributed by atoms with Gasteiger partial charge >= 0.3 is 0 Å². The molecule has 3 heterocycles. The van der Waals surface area contributed by atoms with Gasteiger partial charge in [0.25, 0.3) is 0 Å². The van der Waals surface area contributed by atoms with Crippen LogP contribution in [0.15, 0.2) is 182 Å². The van der Waals surface area contributed by atoms with Crippen molar-refractivity contribution in [2.24, 2.45) is 0 Å². The van der Waals surface area contributed by atoms with Crippen LogP contribution in [0.5, 0.6) is 0 Å². The Labute approximate surface area is 278 Å². The summed E-state index contributed by atoms with van der Waals surface area (Å²) in [4.78, 5) is 4.72. The maximum atomic E-state index is 2.45. The van der Waals surface area contributed by atoms with Crippen LogP contribution < -0.4 is 9.80 Å². The maximum absolute atomic E-state index is 2.45. The third kappa shape index (κ3) is 3.90. The van der Waals surface area contributed by atoms with Crippen LogP contribution in [0.4, 0.5) is 34.1 Å². The second kappa shape index (κ2) is 10.5. The molecule has 0 spiro atoms. The van der Waals surface area contributed by atoms with Crippen LogP contribution in [0.25, 0.3) is 44.1 Å². The van der Waals surface area contributed by atoms with Crippen molar-refractivity contribution >= 4 is 66.8 Å². The summed E-state index contributed by atoms with van der Waals surface area (Å²) < 4.78 is 4.81. The minimum Gasteiger partial charge on any atom is -0.312 e. The minimum absolute atomic E-state index is 1.11. The number of hydrogen-bond donors (Lipinski definition) is 0. The van der Waals surface area contributed by atoms with Crippen molar-refractivity contribution in [3.05, 3.63) is 182 Å². The van der Waals surface area contributed by atoms with Crippen molar-refractivity contribution in [3.8, 4) is 11.4 Å². The summed E-state index contributed by atoms with van der Waals surface area (Å²) in [5.74, 6) is 0. The van der Waals surface area contributed by atoms with Crippen molar-refractivity contribution in [1.82, 2.24) is 9.13 Å². The lowest BCUT2D eigenvalue weighted by molar-refractivity contribution is 1.08. The highest BCUT2D eigenvalue weighted by Crippen LogP contribution is 2.50. The second-order valence-electron chi connectivity index (χ2n) is 12.3. The molecule has 10 rings (SSSR count). The maximum Gasteiger partial charge on any atom is 0.0793 e. The zero-order valence-corrected chi connectivity index (χ0v) is 26.1. The van der Waals surface area contributed by atoms with E-state index in [4.69, 9.17) is 0 Å². The summed E-state index contributed by atoms with van der Waals surface area (Å²) in [5, 5.41) is 3.71. The normalized spacial score (nSPS) is 12.1. The number of benzene rings is 7. The lowest BCUT2D eigenvalue weighted by Gasteiger charge is -2.33. The van der Waals surface area contributed by atoms with E-state index in [1.54, 1.807) is 0 Å². The number of para-hydroxylation sites is 6. The molecule has 0 fully saturated rings. The molecule has 0 saturated carbocycles. The molecule has 0 amide bonds. The molecule has 4 heteroatoms. The number of hydrogen-bond acceptors (Lipinski definition) is 2. The quantitative estimate of drug-likeness (QED) is 0.192. The number of aromatic nitrogens is 2. The SMILES string of the molecule is c1ccc(N(c2ccccc2)c2ccc(-n3c4ccccc4c4cc5c6c(ccn6-c6ccccc6N5c5ccccc5)c43)cc2)cc1. The lowest BCUT2D eigenvalue weighted by atomic mass is 10.0. The third-order valence-corrected chi connectivity index (χ3v) is 9.61. The van der Waals surface area contributed by atoms with Crippen molar-refractivity contribution in [3.63, 3.8) is 0 Å². The fourth-order valence-electron chi connectivity index (χ4n) is 7.60. The molecule has 9 aromatic rings. The van der Waals surface area contributed by atoms with Crippen LogP contribution in [0.1, 0.15) is 0 Å². The highest BCUT2D eigenvalue weighted by molar-refractivity contribution is 6.23. The van der Waals surface area contributed by atoms with Gasteiger partial charge in [-0.05, 0) is 91.0 Å².